The summed E-state index contributed by atoms with van der Waals surface area (Å²) in [6, 6.07) is 3.74. The monoisotopic (exact) mass is 299 g/mol. The van der Waals surface area contributed by atoms with Crippen LogP contribution in [0.5, 0.6) is 0 Å². The fraction of sp³-hybridized carbons (Fsp3) is 0.571. The van der Waals surface area contributed by atoms with Crippen LogP contribution >= 0.6 is 0 Å². The third-order valence-electron chi connectivity index (χ3n) is 3.89. The number of nitro benzene ring substituents is 1. The summed E-state index contributed by atoms with van der Waals surface area (Å²) in [5.74, 6) is -0.543. The molecule has 20 heavy (non-hydrogen) atoms. The lowest BCUT2D eigenvalue weighted by Gasteiger charge is -2.36. The van der Waals surface area contributed by atoms with E-state index in [4.69, 9.17) is 4.43 Å². The zero-order valence-corrected chi connectivity index (χ0v) is 13.7. The molecule has 0 aromatic heterocycles. The Morgan fingerprint density at radius 2 is 1.95 bits per heavy atom. The molecule has 0 atom stereocenters. The molecule has 1 rings (SSSR count). The predicted molar refractivity (Wildman–Crippen MR) is 79.9 cm³/mol. The fourth-order valence-electron chi connectivity index (χ4n) is 1.49. The van der Waals surface area contributed by atoms with Gasteiger partial charge in [-0.15, -0.1) is 0 Å². The van der Waals surface area contributed by atoms with Gasteiger partial charge >= 0.3 is 0 Å². The summed E-state index contributed by atoms with van der Waals surface area (Å²) in [6.45, 7) is 11.1. The van der Waals surface area contributed by atoms with Crippen molar-refractivity contribution in [1.29, 1.82) is 0 Å². The van der Waals surface area contributed by atoms with E-state index in [1.165, 1.54) is 12.1 Å². The second-order valence-electron chi connectivity index (χ2n) is 6.39. The summed E-state index contributed by atoms with van der Waals surface area (Å²) >= 11 is 0. The molecule has 0 aliphatic heterocycles. The van der Waals surface area contributed by atoms with Crippen LogP contribution in [0, 0.1) is 15.9 Å². The third-order valence-corrected chi connectivity index (χ3v) is 8.43. The Bertz CT molecular complexity index is 498. The summed E-state index contributed by atoms with van der Waals surface area (Å²) in [4.78, 5) is 9.94. The minimum Gasteiger partial charge on any atom is -0.416 e. The highest BCUT2D eigenvalue weighted by Gasteiger charge is 2.36. The van der Waals surface area contributed by atoms with E-state index in [1.807, 2.05) is 0 Å². The molecule has 0 saturated heterocycles. The van der Waals surface area contributed by atoms with Gasteiger partial charge in [-0.1, -0.05) is 20.8 Å². The Balaban J connectivity index is 2.66. The number of hydrogen-bond donors (Lipinski definition) is 0. The van der Waals surface area contributed by atoms with E-state index in [9.17, 15) is 14.5 Å². The highest BCUT2D eigenvalue weighted by Crippen LogP contribution is 2.36. The van der Waals surface area contributed by atoms with E-state index in [0.717, 1.165) is 6.07 Å². The lowest BCUT2D eigenvalue weighted by molar-refractivity contribution is -0.385. The second-order valence-corrected chi connectivity index (χ2v) is 11.2. The van der Waals surface area contributed by atoms with Crippen LogP contribution in [-0.2, 0) is 10.8 Å². The van der Waals surface area contributed by atoms with Gasteiger partial charge in [0.1, 0.15) is 5.82 Å². The summed E-state index contributed by atoms with van der Waals surface area (Å²) in [5.41, 5.74) is 0.228. The third kappa shape index (κ3) is 4.11. The SMILES string of the molecule is CC(C)(C)[Si](C)(C)OCCc1ccc([N+](=O)[O-])cc1F. The minimum absolute atomic E-state index is 0.112. The van der Waals surface area contributed by atoms with Gasteiger partial charge in [-0.2, -0.15) is 0 Å². The Hall–Kier alpha value is -1.27. The van der Waals surface area contributed by atoms with Crippen molar-refractivity contribution in [2.75, 3.05) is 6.61 Å². The summed E-state index contributed by atoms with van der Waals surface area (Å²) in [6.07, 6.45) is 0.427. The van der Waals surface area contributed by atoms with Gasteiger partial charge in [-0.3, -0.25) is 10.1 Å². The number of non-ortho nitro benzene ring substituents is 1. The molecular weight excluding hydrogens is 277 g/mol. The first-order valence-electron chi connectivity index (χ1n) is 6.61. The largest absolute Gasteiger partial charge is 0.416 e. The zero-order chi connectivity index (χ0) is 15.6. The molecule has 0 radical (unpaired) electrons. The van der Waals surface area contributed by atoms with Crippen LogP contribution < -0.4 is 0 Å². The van der Waals surface area contributed by atoms with Crippen molar-refractivity contribution in [3.05, 3.63) is 39.7 Å². The lowest BCUT2D eigenvalue weighted by Crippen LogP contribution is -2.41. The topological polar surface area (TPSA) is 52.4 Å². The molecule has 0 unspecified atom stereocenters. The lowest BCUT2D eigenvalue weighted by atomic mass is 10.1. The average Bonchev–Trinajstić information content (AvgIpc) is 2.29. The van der Waals surface area contributed by atoms with E-state index >= 15 is 0 Å². The summed E-state index contributed by atoms with van der Waals surface area (Å²) < 4.78 is 19.7. The molecule has 0 amide bonds. The van der Waals surface area contributed by atoms with E-state index < -0.39 is 19.1 Å². The van der Waals surface area contributed by atoms with Crippen molar-refractivity contribution >= 4 is 14.0 Å². The normalized spacial score (nSPS) is 12.5. The number of nitrogens with zero attached hydrogens (tertiary/aromatic N) is 1. The van der Waals surface area contributed by atoms with Crippen LogP contribution in [0.3, 0.4) is 0 Å². The van der Waals surface area contributed by atoms with Gasteiger partial charge in [0.15, 0.2) is 8.32 Å². The molecular formula is C14H22FNO3Si. The summed E-state index contributed by atoms with van der Waals surface area (Å²) in [7, 11) is -1.84. The maximum atomic E-state index is 13.7. The van der Waals surface area contributed by atoms with Crippen molar-refractivity contribution in [3.63, 3.8) is 0 Å². The fourth-order valence-corrected chi connectivity index (χ4v) is 2.53. The molecule has 0 bridgehead atoms. The van der Waals surface area contributed by atoms with Crippen LogP contribution in [0.15, 0.2) is 18.2 Å². The molecule has 1 aromatic rings. The van der Waals surface area contributed by atoms with Crippen LogP contribution in [-0.4, -0.2) is 19.8 Å². The minimum atomic E-state index is -1.84. The Kier molecular flexibility index (Phi) is 5.04. The first-order valence-corrected chi connectivity index (χ1v) is 9.52. The maximum Gasteiger partial charge on any atom is 0.272 e. The van der Waals surface area contributed by atoms with Gasteiger partial charge < -0.3 is 4.43 Å². The van der Waals surface area contributed by atoms with E-state index in [2.05, 4.69) is 33.9 Å². The van der Waals surface area contributed by atoms with Gasteiger partial charge in [0.25, 0.3) is 5.69 Å². The molecule has 0 heterocycles. The average molecular weight is 299 g/mol. The van der Waals surface area contributed by atoms with Crippen LogP contribution in [0.1, 0.15) is 26.3 Å². The van der Waals surface area contributed by atoms with Gasteiger partial charge in [0.05, 0.1) is 11.0 Å². The first-order chi connectivity index (χ1) is 9.04. The highest BCUT2D eigenvalue weighted by atomic mass is 28.4. The quantitative estimate of drug-likeness (QED) is 0.463. The van der Waals surface area contributed by atoms with Crippen molar-refractivity contribution < 1.29 is 13.7 Å². The van der Waals surface area contributed by atoms with Gasteiger partial charge in [-0.05, 0) is 36.2 Å². The predicted octanol–water partition coefficient (Wildman–Crippen LogP) is 4.30. The van der Waals surface area contributed by atoms with Crippen molar-refractivity contribution in [1.82, 2.24) is 0 Å². The van der Waals surface area contributed by atoms with E-state index in [0.29, 0.717) is 18.6 Å². The molecule has 0 N–H and O–H groups in total. The molecule has 0 fully saturated rings. The molecule has 0 spiro atoms. The molecule has 0 aliphatic carbocycles. The van der Waals surface area contributed by atoms with Crippen molar-refractivity contribution in [2.24, 2.45) is 0 Å². The molecule has 112 valence electrons. The van der Waals surface area contributed by atoms with Crippen LogP contribution in [0.25, 0.3) is 0 Å². The Morgan fingerprint density at radius 3 is 2.40 bits per heavy atom. The number of halogens is 1. The molecule has 0 aliphatic rings. The maximum absolute atomic E-state index is 13.7. The van der Waals surface area contributed by atoms with E-state index in [-0.39, 0.29) is 10.7 Å². The molecule has 6 heteroatoms. The first kappa shape index (κ1) is 16.8. The van der Waals surface area contributed by atoms with Crippen LogP contribution in [0.2, 0.25) is 18.1 Å². The number of rotatable bonds is 5. The van der Waals surface area contributed by atoms with Gasteiger partial charge in [-0.25, -0.2) is 4.39 Å². The Morgan fingerprint density at radius 1 is 1.35 bits per heavy atom. The second kappa shape index (κ2) is 6.01. The Labute approximate surface area is 120 Å². The smallest absolute Gasteiger partial charge is 0.272 e. The highest BCUT2D eigenvalue weighted by molar-refractivity contribution is 6.74. The van der Waals surface area contributed by atoms with Crippen molar-refractivity contribution in [2.45, 2.75) is 45.3 Å². The van der Waals surface area contributed by atoms with Gasteiger partial charge in [0.2, 0.25) is 0 Å². The molecule has 0 saturated carbocycles. The van der Waals surface area contributed by atoms with Gasteiger partial charge in [0, 0.05) is 12.7 Å². The van der Waals surface area contributed by atoms with Crippen molar-refractivity contribution in [3.8, 4) is 0 Å². The molecule has 4 nitrogen and oxygen atoms in total. The standard InChI is InChI=1S/C14H22FNO3Si/c1-14(2,3)20(4,5)19-9-8-11-6-7-12(16(17)18)10-13(11)15/h6-7,10H,8-9H2,1-5H3. The number of benzene rings is 1. The molecule has 1 aromatic carbocycles. The summed E-state index contributed by atoms with van der Waals surface area (Å²) in [5, 5.41) is 10.7. The number of hydrogen-bond acceptors (Lipinski definition) is 3. The van der Waals surface area contributed by atoms with E-state index in [1.54, 1.807) is 0 Å². The zero-order valence-electron chi connectivity index (χ0n) is 12.7. The van der Waals surface area contributed by atoms with Crippen LogP contribution in [0.4, 0.5) is 10.1 Å². The number of nitro groups is 1.